The summed E-state index contributed by atoms with van der Waals surface area (Å²) in [6, 6.07) is 6.35. The predicted molar refractivity (Wildman–Crippen MR) is 102 cm³/mol. The molecule has 2 aliphatic rings. The average Bonchev–Trinajstić information content (AvgIpc) is 3.07. The van der Waals surface area contributed by atoms with Gasteiger partial charge >= 0.3 is 5.97 Å². The summed E-state index contributed by atoms with van der Waals surface area (Å²) >= 11 is 0. The maximum atomic E-state index is 13.1. The molecule has 0 bridgehead atoms. The maximum Gasteiger partial charge on any atom is 0.303 e. The van der Waals surface area contributed by atoms with Crippen LogP contribution in [0.1, 0.15) is 50.5 Å². The van der Waals surface area contributed by atoms with Gasteiger partial charge in [0.15, 0.2) is 0 Å². The lowest BCUT2D eigenvalue weighted by atomic mass is 9.86. The van der Waals surface area contributed by atoms with E-state index in [1.54, 1.807) is 17.0 Å². The fourth-order valence-corrected chi connectivity index (χ4v) is 3.95. The van der Waals surface area contributed by atoms with Gasteiger partial charge in [0.25, 0.3) is 0 Å². The molecule has 1 fully saturated rings. The highest BCUT2D eigenvalue weighted by Gasteiger charge is 2.38. The highest BCUT2D eigenvalue weighted by Crippen LogP contribution is 2.31. The summed E-state index contributed by atoms with van der Waals surface area (Å²) in [6.07, 6.45) is 4.69. The molecule has 6 nitrogen and oxygen atoms in total. The first-order valence-electron chi connectivity index (χ1n) is 9.62. The zero-order valence-corrected chi connectivity index (χ0v) is 15.7. The fraction of sp³-hybridized carbons (Fsp3) is 0.476. The minimum absolute atomic E-state index is 0.00487. The van der Waals surface area contributed by atoms with Crippen molar-refractivity contribution in [3.63, 3.8) is 0 Å². The van der Waals surface area contributed by atoms with E-state index < -0.39 is 11.5 Å². The smallest absolute Gasteiger partial charge is 0.303 e. The van der Waals surface area contributed by atoms with Crippen LogP contribution in [-0.4, -0.2) is 46.4 Å². The number of hydrogen-bond acceptors (Lipinski definition) is 3. The first-order chi connectivity index (χ1) is 13.4. The molecular weight excluding hydrogens is 363 g/mol. The summed E-state index contributed by atoms with van der Waals surface area (Å²) in [6.45, 7) is 1.09. The molecule has 2 heterocycles. The van der Waals surface area contributed by atoms with Gasteiger partial charge in [-0.25, -0.2) is 4.39 Å². The quantitative estimate of drug-likeness (QED) is 0.752. The number of carbonyl (C=O) groups excluding carboxylic acids is 2. The third kappa shape index (κ3) is 4.97. The van der Waals surface area contributed by atoms with E-state index in [1.165, 1.54) is 12.1 Å². The molecule has 7 heteroatoms. The molecule has 1 saturated heterocycles. The normalized spacial score (nSPS) is 22.0. The molecule has 0 saturated carbocycles. The van der Waals surface area contributed by atoms with Gasteiger partial charge < -0.3 is 15.3 Å². The van der Waals surface area contributed by atoms with E-state index >= 15 is 0 Å². The monoisotopic (exact) mass is 388 g/mol. The number of carbonyl (C=O) groups is 3. The number of nitrogens with zero attached hydrogens (tertiary/aromatic N) is 1. The molecule has 0 radical (unpaired) electrons. The molecule has 0 spiro atoms. The molecule has 2 aliphatic heterocycles. The van der Waals surface area contributed by atoms with Crippen LogP contribution in [0.4, 0.5) is 4.39 Å². The van der Waals surface area contributed by atoms with Crippen molar-refractivity contribution < 1.29 is 23.9 Å². The van der Waals surface area contributed by atoms with E-state index in [-0.39, 0.29) is 30.5 Å². The second kappa shape index (κ2) is 8.54. The molecule has 1 aromatic rings. The van der Waals surface area contributed by atoms with Crippen molar-refractivity contribution in [2.45, 2.75) is 50.5 Å². The molecule has 0 aliphatic carbocycles. The Morgan fingerprint density at radius 3 is 2.43 bits per heavy atom. The van der Waals surface area contributed by atoms with Gasteiger partial charge in [0.2, 0.25) is 11.8 Å². The second-order valence-electron chi connectivity index (χ2n) is 7.55. The van der Waals surface area contributed by atoms with Crippen molar-refractivity contribution >= 4 is 23.4 Å². The van der Waals surface area contributed by atoms with Crippen LogP contribution in [0.15, 0.2) is 30.3 Å². The predicted octanol–water partition coefficient (Wildman–Crippen LogP) is 2.74. The van der Waals surface area contributed by atoms with E-state index in [0.29, 0.717) is 45.2 Å². The Bertz CT molecular complexity index is 790. The van der Waals surface area contributed by atoms with Crippen molar-refractivity contribution in [1.82, 2.24) is 10.2 Å². The molecule has 1 atom stereocenters. The number of hydrogen-bond donors (Lipinski definition) is 2. The first-order valence-corrected chi connectivity index (χ1v) is 9.62. The number of halogens is 1. The maximum absolute atomic E-state index is 13.1. The standard InChI is InChI=1S/C21H25FN2O4/c22-17-3-1-15(2-4-17)16-8-13-24(14-9-16)19(26)6-11-21(12-7-20(27)28)10-5-18(25)23-21/h1-4,8H,5-7,9-14H2,(H,23,25)(H,27,28)/t21-/m0/s1. The van der Waals surface area contributed by atoms with Crippen LogP contribution in [0.5, 0.6) is 0 Å². The van der Waals surface area contributed by atoms with Crippen molar-refractivity contribution in [3.05, 3.63) is 41.7 Å². The number of carboxylic acids is 1. The third-order valence-electron chi connectivity index (χ3n) is 5.65. The molecule has 28 heavy (non-hydrogen) atoms. The molecule has 3 rings (SSSR count). The minimum Gasteiger partial charge on any atom is -0.481 e. The zero-order valence-electron chi connectivity index (χ0n) is 15.7. The van der Waals surface area contributed by atoms with Gasteiger partial charge in [0.05, 0.1) is 0 Å². The van der Waals surface area contributed by atoms with E-state index in [1.807, 2.05) is 6.08 Å². The zero-order chi connectivity index (χ0) is 20.1. The summed E-state index contributed by atoms with van der Waals surface area (Å²) < 4.78 is 13.1. The van der Waals surface area contributed by atoms with Crippen LogP contribution in [0, 0.1) is 5.82 Å². The number of benzene rings is 1. The Morgan fingerprint density at radius 2 is 1.86 bits per heavy atom. The lowest BCUT2D eigenvalue weighted by Crippen LogP contribution is -2.43. The summed E-state index contributed by atoms with van der Waals surface area (Å²) in [5.41, 5.74) is 1.48. The second-order valence-corrected chi connectivity index (χ2v) is 7.55. The largest absolute Gasteiger partial charge is 0.481 e. The molecule has 0 unspecified atom stereocenters. The third-order valence-corrected chi connectivity index (χ3v) is 5.65. The summed E-state index contributed by atoms with van der Waals surface area (Å²) in [4.78, 5) is 37.0. The molecule has 2 amide bonds. The van der Waals surface area contributed by atoms with Gasteiger partial charge in [-0.15, -0.1) is 0 Å². The molecular formula is C21H25FN2O4. The number of rotatable bonds is 7. The Hall–Kier alpha value is -2.70. The topological polar surface area (TPSA) is 86.7 Å². The highest BCUT2D eigenvalue weighted by atomic mass is 19.1. The molecule has 2 N–H and O–H groups in total. The van der Waals surface area contributed by atoms with Gasteiger partial charge in [-0.05, 0) is 49.0 Å². The molecule has 1 aromatic carbocycles. The van der Waals surface area contributed by atoms with Gasteiger partial charge in [-0.1, -0.05) is 18.2 Å². The number of amides is 2. The number of aliphatic carboxylic acids is 1. The van der Waals surface area contributed by atoms with Crippen molar-refractivity contribution in [2.24, 2.45) is 0 Å². The van der Waals surface area contributed by atoms with Crippen LogP contribution in [0.25, 0.3) is 5.57 Å². The highest BCUT2D eigenvalue weighted by molar-refractivity contribution is 5.81. The SMILES string of the molecule is O=C(O)CC[C@@]1(CCC(=O)N2CC=C(c3ccc(F)cc3)CC2)CCC(=O)N1. The first kappa shape index (κ1) is 20.0. The van der Waals surface area contributed by atoms with Gasteiger partial charge in [0.1, 0.15) is 5.82 Å². The van der Waals surface area contributed by atoms with E-state index in [2.05, 4.69) is 5.32 Å². The Labute approximate surface area is 163 Å². The van der Waals surface area contributed by atoms with Crippen LogP contribution >= 0.6 is 0 Å². The fourth-order valence-electron chi connectivity index (χ4n) is 3.95. The lowest BCUT2D eigenvalue weighted by molar-refractivity contribution is -0.137. The van der Waals surface area contributed by atoms with Crippen molar-refractivity contribution in [3.8, 4) is 0 Å². The van der Waals surface area contributed by atoms with Crippen LogP contribution < -0.4 is 5.32 Å². The van der Waals surface area contributed by atoms with Crippen molar-refractivity contribution in [1.29, 1.82) is 0 Å². The number of carboxylic acid groups (broad SMARTS) is 1. The van der Waals surface area contributed by atoms with Crippen LogP contribution in [0.3, 0.4) is 0 Å². The van der Waals surface area contributed by atoms with Crippen LogP contribution in [0.2, 0.25) is 0 Å². The minimum atomic E-state index is -0.902. The van der Waals surface area contributed by atoms with Crippen molar-refractivity contribution in [2.75, 3.05) is 13.1 Å². The average molecular weight is 388 g/mol. The van der Waals surface area contributed by atoms with Gasteiger partial charge in [0, 0.05) is 37.9 Å². The number of nitrogens with one attached hydrogen (secondary N) is 1. The van der Waals surface area contributed by atoms with E-state index in [0.717, 1.165) is 11.1 Å². The lowest BCUT2D eigenvalue weighted by Gasteiger charge is -2.31. The molecule has 150 valence electrons. The Kier molecular flexibility index (Phi) is 6.11. The van der Waals surface area contributed by atoms with Gasteiger partial charge in [-0.3, -0.25) is 14.4 Å². The Balaban J connectivity index is 1.55. The Morgan fingerprint density at radius 1 is 1.14 bits per heavy atom. The van der Waals surface area contributed by atoms with Gasteiger partial charge in [-0.2, -0.15) is 0 Å². The van der Waals surface area contributed by atoms with Crippen LogP contribution in [-0.2, 0) is 14.4 Å². The summed E-state index contributed by atoms with van der Waals surface area (Å²) in [5.74, 6) is -1.25. The summed E-state index contributed by atoms with van der Waals surface area (Å²) in [7, 11) is 0. The summed E-state index contributed by atoms with van der Waals surface area (Å²) in [5, 5.41) is 11.9. The van der Waals surface area contributed by atoms with E-state index in [9.17, 15) is 18.8 Å². The molecule has 0 aromatic heterocycles. The van der Waals surface area contributed by atoms with E-state index in [4.69, 9.17) is 5.11 Å².